The lowest BCUT2D eigenvalue weighted by molar-refractivity contribution is 0.364. The third-order valence-electron chi connectivity index (χ3n) is 9.23. The highest BCUT2D eigenvalue weighted by atomic mass is 16.5. The number of benzene rings is 4. The molecule has 0 aliphatic heterocycles. The molecule has 2 fully saturated rings. The molecule has 2 saturated carbocycles. The molecule has 0 heterocycles. The Labute approximate surface area is 212 Å². The number of fused-ring (bicyclic) bond motifs is 10. The summed E-state index contributed by atoms with van der Waals surface area (Å²) in [7, 11) is 0. The molecular weight excluding hydrogens is 440 g/mol. The van der Waals surface area contributed by atoms with Crippen LogP contribution in [0.1, 0.15) is 30.4 Å². The lowest BCUT2D eigenvalue weighted by Gasteiger charge is -2.29. The number of hydrogen-bond acceptors (Lipinski definition) is 2. The van der Waals surface area contributed by atoms with Crippen LogP contribution in [-0.2, 0) is 5.41 Å². The van der Waals surface area contributed by atoms with Gasteiger partial charge in [0.15, 0.2) is 0 Å². The first-order valence-corrected chi connectivity index (χ1v) is 13.2. The van der Waals surface area contributed by atoms with Gasteiger partial charge >= 0.3 is 0 Å². The zero-order chi connectivity index (χ0) is 23.7. The van der Waals surface area contributed by atoms with E-state index >= 15 is 0 Å². The summed E-state index contributed by atoms with van der Waals surface area (Å²) in [5.74, 6) is 6.65. The second-order valence-corrected chi connectivity index (χ2v) is 11.0. The maximum absolute atomic E-state index is 6.32. The van der Waals surface area contributed by atoms with Crippen LogP contribution in [0.25, 0.3) is 11.1 Å². The molecule has 4 unspecified atom stereocenters. The van der Waals surface area contributed by atoms with Crippen LogP contribution in [0.15, 0.2) is 109 Å². The Morgan fingerprint density at radius 1 is 0.528 bits per heavy atom. The molecule has 4 aromatic rings. The Kier molecular flexibility index (Phi) is 4.31. The van der Waals surface area contributed by atoms with Crippen molar-refractivity contribution >= 4 is 0 Å². The van der Waals surface area contributed by atoms with E-state index in [9.17, 15) is 0 Å². The number of rotatable bonds is 4. The minimum Gasteiger partial charge on any atom is -0.457 e. The monoisotopic (exact) mass is 468 g/mol. The third-order valence-corrected chi connectivity index (χ3v) is 9.23. The second kappa shape index (κ2) is 7.61. The third kappa shape index (κ3) is 2.97. The summed E-state index contributed by atoms with van der Waals surface area (Å²) in [5, 5.41) is 0. The summed E-state index contributed by atoms with van der Waals surface area (Å²) in [6, 6.07) is 33.7. The number of ether oxygens (including phenoxy) is 2. The molecule has 36 heavy (non-hydrogen) atoms. The van der Waals surface area contributed by atoms with Gasteiger partial charge in [-0.15, -0.1) is 0 Å². The fraction of sp³-hybridized carbons (Fsp3) is 0.235. The van der Waals surface area contributed by atoms with Crippen LogP contribution >= 0.6 is 0 Å². The van der Waals surface area contributed by atoms with Crippen molar-refractivity contribution < 1.29 is 9.47 Å². The Bertz CT molecular complexity index is 1370. The van der Waals surface area contributed by atoms with E-state index in [2.05, 4.69) is 48.6 Å². The maximum Gasteiger partial charge on any atom is 0.127 e. The van der Waals surface area contributed by atoms with Gasteiger partial charge in [-0.05, 0) is 114 Å². The molecule has 176 valence electrons. The highest BCUT2D eigenvalue weighted by Crippen LogP contribution is 2.67. The molecule has 4 atom stereocenters. The van der Waals surface area contributed by atoms with Crippen LogP contribution in [0.5, 0.6) is 23.0 Å². The largest absolute Gasteiger partial charge is 0.457 e. The Balaban J connectivity index is 1.24. The Morgan fingerprint density at radius 3 is 1.47 bits per heavy atom. The van der Waals surface area contributed by atoms with Crippen molar-refractivity contribution in [1.82, 2.24) is 0 Å². The Morgan fingerprint density at radius 2 is 1.00 bits per heavy atom. The van der Waals surface area contributed by atoms with E-state index in [-0.39, 0.29) is 5.41 Å². The highest BCUT2D eigenvalue weighted by Gasteiger charge is 2.58. The first-order chi connectivity index (χ1) is 17.8. The first-order valence-electron chi connectivity index (χ1n) is 13.2. The fourth-order valence-corrected chi connectivity index (χ4v) is 7.79. The van der Waals surface area contributed by atoms with Gasteiger partial charge in [-0.25, -0.2) is 0 Å². The van der Waals surface area contributed by atoms with E-state index in [0.29, 0.717) is 0 Å². The van der Waals surface area contributed by atoms with E-state index in [1.807, 2.05) is 60.7 Å². The fourth-order valence-electron chi connectivity index (χ4n) is 7.79. The molecule has 4 aliphatic rings. The summed E-state index contributed by atoms with van der Waals surface area (Å²) in [6.45, 7) is 0. The van der Waals surface area contributed by atoms with E-state index in [1.54, 1.807) is 0 Å². The zero-order valence-corrected chi connectivity index (χ0v) is 20.1. The number of para-hydroxylation sites is 2. The lowest BCUT2D eigenvalue weighted by Crippen LogP contribution is -2.23. The summed E-state index contributed by atoms with van der Waals surface area (Å²) in [6.07, 6.45) is 8.80. The lowest BCUT2D eigenvalue weighted by atomic mass is 9.74. The van der Waals surface area contributed by atoms with Gasteiger partial charge in [0.05, 0.1) is 0 Å². The molecule has 0 N–H and O–H groups in total. The summed E-state index contributed by atoms with van der Waals surface area (Å²) >= 11 is 0. The van der Waals surface area contributed by atoms with E-state index in [1.165, 1.54) is 41.5 Å². The van der Waals surface area contributed by atoms with Crippen molar-refractivity contribution in [3.8, 4) is 34.1 Å². The van der Waals surface area contributed by atoms with Gasteiger partial charge in [0, 0.05) is 5.41 Å². The van der Waals surface area contributed by atoms with Crippen molar-refractivity contribution in [2.45, 2.75) is 24.7 Å². The molecule has 0 aromatic heterocycles. The van der Waals surface area contributed by atoms with Gasteiger partial charge in [-0.1, -0.05) is 60.7 Å². The summed E-state index contributed by atoms with van der Waals surface area (Å²) < 4.78 is 12.6. The van der Waals surface area contributed by atoms with Crippen LogP contribution in [0.3, 0.4) is 0 Å². The van der Waals surface area contributed by atoms with E-state index in [0.717, 1.165) is 46.7 Å². The van der Waals surface area contributed by atoms with Crippen LogP contribution < -0.4 is 9.47 Å². The molecule has 0 saturated heterocycles. The van der Waals surface area contributed by atoms with Crippen LogP contribution in [0, 0.1) is 23.7 Å². The molecule has 4 aliphatic carbocycles. The van der Waals surface area contributed by atoms with Gasteiger partial charge in [0.2, 0.25) is 0 Å². The first kappa shape index (κ1) is 20.4. The van der Waals surface area contributed by atoms with Gasteiger partial charge < -0.3 is 9.47 Å². The minimum atomic E-state index is 0.0229. The van der Waals surface area contributed by atoms with Crippen molar-refractivity contribution in [3.05, 3.63) is 120 Å². The van der Waals surface area contributed by atoms with Gasteiger partial charge in [-0.2, -0.15) is 0 Å². The van der Waals surface area contributed by atoms with Gasteiger partial charge in [-0.3, -0.25) is 0 Å². The van der Waals surface area contributed by atoms with Crippen molar-refractivity contribution in [2.75, 3.05) is 0 Å². The predicted octanol–water partition coefficient (Wildman–Crippen LogP) is 8.77. The predicted molar refractivity (Wildman–Crippen MR) is 143 cm³/mol. The normalized spacial score (nSPS) is 25.6. The smallest absolute Gasteiger partial charge is 0.127 e. The average molecular weight is 469 g/mol. The zero-order valence-electron chi connectivity index (χ0n) is 20.1. The standard InChI is InChI=1S/C34H28O2/c1-3-7-24(8-4-1)35-26-13-15-28-29-16-14-27(36-25-9-5-2-6-10-25)19-33(29)34(32(28)18-26)20-30-22-11-12-23(17-22)31(30)21-34/h1-16,18-19,22-23,30-31H,17,20-21H2. The van der Waals surface area contributed by atoms with Gasteiger partial charge in [0.25, 0.3) is 0 Å². The van der Waals surface area contributed by atoms with Gasteiger partial charge in [0.1, 0.15) is 23.0 Å². The topological polar surface area (TPSA) is 18.5 Å². The molecule has 0 amide bonds. The molecule has 4 aromatic carbocycles. The molecule has 2 bridgehead atoms. The minimum absolute atomic E-state index is 0.0229. The van der Waals surface area contributed by atoms with Crippen molar-refractivity contribution in [1.29, 1.82) is 0 Å². The number of hydrogen-bond donors (Lipinski definition) is 0. The maximum atomic E-state index is 6.32. The number of allylic oxidation sites excluding steroid dienone is 2. The van der Waals surface area contributed by atoms with Crippen molar-refractivity contribution in [2.24, 2.45) is 23.7 Å². The SMILES string of the molecule is C1=CC2CC1C1CC3(CC21)c1cc(Oc2ccccc2)ccc1-c1ccc(Oc2ccccc2)cc13. The van der Waals surface area contributed by atoms with E-state index in [4.69, 9.17) is 9.47 Å². The van der Waals surface area contributed by atoms with Crippen LogP contribution in [-0.4, -0.2) is 0 Å². The molecule has 0 radical (unpaired) electrons. The molecular formula is C34H28O2. The highest BCUT2D eigenvalue weighted by molar-refractivity contribution is 5.83. The summed E-state index contributed by atoms with van der Waals surface area (Å²) in [4.78, 5) is 0. The average Bonchev–Trinajstić information content (AvgIpc) is 3.67. The molecule has 2 nitrogen and oxygen atoms in total. The summed E-state index contributed by atoms with van der Waals surface area (Å²) in [5.41, 5.74) is 5.62. The molecule has 8 rings (SSSR count). The van der Waals surface area contributed by atoms with Crippen molar-refractivity contribution in [3.63, 3.8) is 0 Å². The quantitative estimate of drug-likeness (QED) is 0.279. The molecule has 2 heteroatoms. The van der Waals surface area contributed by atoms with Crippen LogP contribution in [0.4, 0.5) is 0 Å². The van der Waals surface area contributed by atoms with Crippen LogP contribution in [0.2, 0.25) is 0 Å². The molecule has 1 spiro atoms. The Hall–Kier alpha value is -3.78. The van der Waals surface area contributed by atoms with E-state index < -0.39 is 0 Å². The second-order valence-electron chi connectivity index (χ2n) is 11.0.